The molecule has 5 heteroatoms. The smallest absolute Gasteiger partial charge is 0.258 e. The quantitative estimate of drug-likeness (QED) is 0.537. The minimum atomic E-state index is -0.108. The van der Waals surface area contributed by atoms with Crippen LogP contribution in [0.25, 0.3) is 11.0 Å². The van der Waals surface area contributed by atoms with Crippen LogP contribution >= 0.6 is 0 Å². The van der Waals surface area contributed by atoms with E-state index in [1.807, 2.05) is 0 Å². The van der Waals surface area contributed by atoms with E-state index < -0.39 is 0 Å². The first-order valence-electron chi connectivity index (χ1n) is 2.72. The molecule has 2 aromatic heterocycles. The summed E-state index contributed by atoms with van der Waals surface area (Å²) in [4.78, 5) is 0. The molecule has 0 spiro atoms. The summed E-state index contributed by atoms with van der Waals surface area (Å²) in [6, 6.07) is 1.69. The summed E-state index contributed by atoms with van der Waals surface area (Å²) in [6.45, 7) is 0. The summed E-state index contributed by atoms with van der Waals surface area (Å²) in [6.07, 6.45) is 1.53. The number of aromatic nitrogens is 4. The number of aromatic amines is 1. The van der Waals surface area contributed by atoms with Gasteiger partial charge in [0.15, 0.2) is 5.52 Å². The average molecular weight is 136 g/mol. The Hall–Kier alpha value is -1.65. The Morgan fingerprint density at radius 3 is 3.20 bits per heavy atom. The van der Waals surface area contributed by atoms with Gasteiger partial charge < -0.3 is 5.11 Å². The summed E-state index contributed by atoms with van der Waals surface area (Å²) in [7, 11) is 0. The maximum absolute atomic E-state index is 8.97. The molecular weight excluding hydrogens is 132 g/mol. The summed E-state index contributed by atoms with van der Waals surface area (Å²) in [5, 5.41) is 22.3. The van der Waals surface area contributed by atoms with Crippen LogP contribution in [-0.4, -0.2) is 25.5 Å². The van der Waals surface area contributed by atoms with Gasteiger partial charge in [0.25, 0.3) is 5.88 Å². The molecule has 0 aliphatic rings. The van der Waals surface area contributed by atoms with Crippen molar-refractivity contribution in [2.24, 2.45) is 0 Å². The molecule has 0 bridgehead atoms. The third-order valence-electron chi connectivity index (χ3n) is 1.21. The molecule has 5 nitrogen and oxygen atoms in total. The Morgan fingerprint density at radius 2 is 2.40 bits per heavy atom. The topological polar surface area (TPSA) is 74.7 Å². The number of nitrogens with one attached hydrogen (secondary N) is 1. The maximum Gasteiger partial charge on any atom is 0.258 e. The Kier molecular flexibility index (Phi) is 0.858. The highest BCUT2D eigenvalue weighted by molar-refractivity contribution is 5.77. The Morgan fingerprint density at radius 1 is 1.50 bits per heavy atom. The van der Waals surface area contributed by atoms with Gasteiger partial charge in [0, 0.05) is 0 Å². The first-order valence-corrected chi connectivity index (χ1v) is 2.72. The molecule has 2 N–H and O–H groups in total. The lowest BCUT2D eigenvalue weighted by molar-refractivity contribution is 0.455. The molecule has 50 valence electrons. The van der Waals surface area contributed by atoms with Crippen LogP contribution in [0, 0.1) is 0 Å². The van der Waals surface area contributed by atoms with E-state index in [0.717, 1.165) is 0 Å². The van der Waals surface area contributed by atoms with Crippen molar-refractivity contribution in [3.8, 4) is 5.88 Å². The Balaban J connectivity index is 2.93. The monoisotopic (exact) mass is 136 g/mol. The minimum Gasteiger partial charge on any atom is -0.491 e. The third-order valence-corrected chi connectivity index (χ3v) is 1.21. The van der Waals surface area contributed by atoms with Crippen molar-refractivity contribution >= 4 is 11.0 Å². The van der Waals surface area contributed by atoms with E-state index in [9.17, 15) is 0 Å². The number of hydrogen-bond acceptors (Lipinski definition) is 4. The van der Waals surface area contributed by atoms with Crippen LogP contribution in [0.3, 0.4) is 0 Å². The lowest BCUT2D eigenvalue weighted by atomic mass is 10.4. The molecule has 2 heterocycles. The zero-order chi connectivity index (χ0) is 6.97. The van der Waals surface area contributed by atoms with Crippen LogP contribution in [-0.2, 0) is 0 Å². The SMILES string of the molecule is Oc1n[nH]c2ccnnc12. The summed E-state index contributed by atoms with van der Waals surface area (Å²) < 4.78 is 0. The lowest BCUT2D eigenvalue weighted by Gasteiger charge is -1.81. The van der Waals surface area contributed by atoms with Crippen molar-refractivity contribution < 1.29 is 5.11 Å². The van der Waals surface area contributed by atoms with Crippen LogP contribution in [0.15, 0.2) is 12.3 Å². The minimum absolute atomic E-state index is 0.108. The van der Waals surface area contributed by atoms with E-state index in [-0.39, 0.29) is 5.88 Å². The molecule has 0 fully saturated rings. The first-order chi connectivity index (χ1) is 4.88. The molecule has 10 heavy (non-hydrogen) atoms. The van der Waals surface area contributed by atoms with Gasteiger partial charge in [0.05, 0.1) is 11.7 Å². The predicted octanol–water partition coefficient (Wildman–Crippen LogP) is 0.0585. The van der Waals surface area contributed by atoms with Gasteiger partial charge in [-0.1, -0.05) is 0 Å². The highest BCUT2D eigenvalue weighted by atomic mass is 16.3. The van der Waals surface area contributed by atoms with Crippen LogP contribution in [0.4, 0.5) is 0 Å². The van der Waals surface area contributed by atoms with Crippen molar-refractivity contribution in [3.05, 3.63) is 12.3 Å². The highest BCUT2D eigenvalue weighted by Gasteiger charge is 2.02. The van der Waals surface area contributed by atoms with Gasteiger partial charge in [0.1, 0.15) is 0 Å². The molecule has 0 saturated heterocycles. The van der Waals surface area contributed by atoms with Crippen LogP contribution < -0.4 is 0 Å². The van der Waals surface area contributed by atoms with Crippen LogP contribution in [0.5, 0.6) is 5.88 Å². The van der Waals surface area contributed by atoms with Crippen molar-refractivity contribution in [1.82, 2.24) is 20.4 Å². The molecular formula is C5H4N4O. The number of H-pyrrole nitrogens is 1. The highest BCUT2D eigenvalue weighted by Crippen LogP contribution is 2.15. The molecule has 0 atom stereocenters. The fourth-order valence-corrected chi connectivity index (χ4v) is 0.753. The first kappa shape index (κ1) is 5.16. The van der Waals surface area contributed by atoms with Gasteiger partial charge in [0.2, 0.25) is 0 Å². The van der Waals surface area contributed by atoms with Crippen LogP contribution in [0.2, 0.25) is 0 Å². The van der Waals surface area contributed by atoms with Crippen molar-refractivity contribution in [2.45, 2.75) is 0 Å². The molecule has 0 radical (unpaired) electrons. The summed E-state index contributed by atoms with van der Waals surface area (Å²) >= 11 is 0. The fourth-order valence-electron chi connectivity index (χ4n) is 0.753. The van der Waals surface area contributed by atoms with Crippen molar-refractivity contribution in [3.63, 3.8) is 0 Å². The molecule has 2 rings (SSSR count). The van der Waals surface area contributed by atoms with Gasteiger partial charge in [-0.15, -0.1) is 10.2 Å². The normalized spacial score (nSPS) is 10.4. The molecule has 2 aromatic rings. The zero-order valence-electron chi connectivity index (χ0n) is 4.94. The second kappa shape index (κ2) is 1.66. The van der Waals surface area contributed by atoms with Gasteiger partial charge in [-0.3, -0.25) is 5.10 Å². The number of fused-ring (bicyclic) bond motifs is 1. The molecule has 0 aliphatic carbocycles. The van der Waals surface area contributed by atoms with Crippen molar-refractivity contribution in [1.29, 1.82) is 0 Å². The van der Waals surface area contributed by atoms with E-state index >= 15 is 0 Å². The number of nitrogens with zero attached hydrogens (tertiary/aromatic N) is 3. The van der Waals surface area contributed by atoms with E-state index in [1.165, 1.54) is 6.20 Å². The Bertz CT molecular complexity index is 355. The molecule has 0 unspecified atom stereocenters. The lowest BCUT2D eigenvalue weighted by Crippen LogP contribution is -1.77. The summed E-state index contributed by atoms with van der Waals surface area (Å²) in [5.41, 5.74) is 1.09. The average Bonchev–Trinajstić information content (AvgIpc) is 2.34. The number of hydrogen-bond donors (Lipinski definition) is 2. The second-order valence-corrected chi connectivity index (χ2v) is 1.84. The van der Waals surface area contributed by atoms with Gasteiger partial charge in [-0.05, 0) is 6.07 Å². The standard InChI is InChI=1S/C5H4N4O/c10-5-4-3(7-9-5)1-2-6-8-4/h1-2H,(H2,7,9,10). The molecule has 0 aliphatic heterocycles. The van der Waals surface area contributed by atoms with Gasteiger partial charge >= 0.3 is 0 Å². The zero-order valence-corrected chi connectivity index (χ0v) is 4.94. The van der Waals surface area contributed by atoms with Gasteiger partial charge in [-0.2, -0.15) is 5.10 Å². The third kappa shape index (κ3) is 0.540. The summed E-state index contributed by atoms with van der Waals surface area (Å²) in [5.74, 6) is -0.108. The fraction of sp³-hybridized carbons (Fsp3) is 0. The van der Waals surface area contributed by atoms with Crippen molar-refractivity contribution in [2.75, 3.05) is 0 Å². The van der Waals surface area contributed by atoms with Gasteiger partial charge in [-0.25, -0.2) is 0 Å². The van der Waals surface area contributed by atoms with Crippen LogP contribution in [0.1, 0.15) is 0 Å². The Labute approximate surface area is 55.7 Å². The maximum atomic E-state index is 8.97. The molecule has 0 saturated carbocycles. The van der Waals surface area contributed by atoms with E-state index in [4.69, 9.17) is 5.11 Å². The number of aromatic hydroxyl groups is 1. The molecule has 0 aromatic carbocycles. The number of rotatable bonds is 0. The largest absolute Gasteiger partial charge is 0.491 e. The molecule has 0 amide bonds. The predicted molar refractivity (Wildman–Crippen MR) is 33.3 cm³/mol. The van der Waals surface area contributed by atoms with E-state index in [1.54, 1.807) is 6.07 Å². The van der Waals surface area contributed by atoms with E-state index in [0.29, 0.717) is 11.0 Å². The van der Waals surface area contributed by atoms with E-state index in [2.05, 4.69) is 20.4 Å². The second-order valence-electron chi connectivity index (χ2n) is 1.84.